The average molecular weight is 435 g/mol. The lowest BCUT2D eigenvalue weighted by atomic mass is 10.1. The van der Waals surface area contributed by atoms with Crippen LogP contribution in [0.5, 0.6) is 0 Å². The van der Waals surface area contributed by atoms with Crippen LogP contribution in [0.1, 0.15) is 51.0 Å². The van der Waals surface area contributed by atoms with Gasteiger partial charge in [0.1, 0.15) is 6.54 Å². The Morgan fingerprint density at radius 3 is 2.83 bits per heavy atom. The normalized spacial score (nSPS) is 19.0. The lowest BCUT2D eigenvalue weighted by molar-refractivity contribution is 0.309. The number of likely N-dealkylation sites (N-methyl/N-ethyl adjacent to an activating group) is 1. The van der Waals surface area contributed by atoms with E-state index in [9.17, 15) is 0 Å². The maximum atomic E-state index is 5.33. The highest BCUT2D eigenvalue weighted by molar-refractivity contribution is 14.0. The smallest absolute Gasteiger partial charge is 0.191 e. The van der Waals surface area contributed by atoms with Gasteiger partial charge >= 0.3 is 0 Å². The average Bonchev–Trinajstić information content (AvgIpc) is 3.11. The summed E-state index contributed by atoms with van der Waals surface area (Å²) in [6.07, 6.45) is 2.54. The van der Waals surface area contributed by atoms with Crippen LogP contribution in [0.4, 0.5) is 0 Å². The minimum atomic E-state index is 0. The van der Waals surface area contributed by atoms with Crippen molar-refractivity contribution in [3.63, 3.8) is 0 Å². The van der Waals surface area contributed by atoms with E-state index in [0.29, 0.717) is 18.5 Å². The zero-order valence-electron chi connectivity index (χ0n) is 14.6. The molecule has 0 aliphatic carbocycles. The Bertz CT molecular complexity index is 489. The van der Waals surface area contributed by atoms with E-state index < -0.39 is 0 Å². The second-order valence-corrected chi connectivity index (χ2v) is 6.23. The highest BCUT2D eigenvalue weighted by Gasteiger charge is 2.20. The molecule has 2 heterocycles. The molecule has 0 saturated carbocycles. The summed E-state index contributed by atoms with van der Waals surface area (Å²) >= 11 is 0. The molecule has 0 bridgehead atoms. The Balaban J connectivity index is 0.00000264. The zero-order valence-corrected chi connectivity index (χ0v) is 17.0. The molecule has 0 spiro atoms. The molecule has 7 heteroatoms. The molecule has 1 fully saturated rings. The number of nitrogens with one attached hydrogen (secondary N) is 2. The Kier molecular flexibility index (Phi) is 8.90. The molecule has 1 aromatic rings. The first-order valence-electron chi connectivity index (χ1n) is 8.28. The Morgan fingerprint density at radius 2 is 2.26 bits per heavy atom. The van der Waals surface area contributed by atoms with Crippen LogP contribution in [0, 0.1) is 0 Å². The van der Waals surface area contributed by atoms with Gasteiger partial charge in [-0.25, -0.2) is 4.99 Å². The van der Waals surface area contributed by atoms with Gasteiger partial charge in [-0.1, -0.05) is 19.0 Å². The van der Waals surface area contributed by atoms with Gasteiger partial charge in [0.05, 0.1) is 5.69 Å². The fourth-order valence-corrected chi connectivity index (χ4v) is 2.63. The number of aromatic nitrogens is 1. The topological polar surface area (TPSA) is 65.7 Å². The van der Waals surface area contributed by atoms with Crippen molar-refractivity contribution in [3.05, 3.63) is 17.5 Å². The number of halogens is 1. The van der Waals surface area contributed by atoms with Gasteiger partial charge in [-0.3, -0.25) is 0 Å². The lowest BCUT2D eigenvalue weighted by Crippen LogP contribution is -2.44. The molecule has 23 heavy (non-hydrogen) atoms. The predicted octanol–water partition coefficient (Wildman–Crippen LogP) is 2.57. The van der Waals surface area contributed by atoms with E-state index >= 15 is 0 Å². The van der Waals surface area contributed by atoms with Crippen LogP contribution in [-0.4, -0.2) is 48.7 Å². The van der Waals surface area contributed by atoms with E-state index in [-0.39, 0.29) is 24.0 Å². The third kappa shape index (κ3) is 6.29. The zero-order chi connectivity index (χ0) is 15.9. The molecular formula is C16H30IN5O. The van der Waals surface area contributed by atoms with E-state index in [1.165, 1.54) is 19.4 Å². The highest BCUT2D eigenvalue weighted by Crippen LogP contribution is 2.15. The number of hydrogen-bond acceptors (Lipinski definition) is 4. The molecular weight excluding hydrogens is 405 g/mol. The van der Waals surface area contributed by atoms with Crippen LogP contribution in [-0.2, 0) is 6.54 Å². The fraction of sp³-hybridized carbons (Fsp3) is 0.750. The minimum Gasteiger partial charge on any atom is -0.359 e. The van der Waals surface area contributed by atoms with Crippen molar-refractivity contribution in [2.75, 3.05) is 26.7 Å². The quantitative estimate of drug-likeness (QED) is 0.409. The fourth-order valence-electron chi connectivity index (χ4n) is 2.63. The molecule has 0 aromatic carbocycles. The van der Waals surface area contributed by atoms with Crippen molar-refractivity contribution >= 4 is 29.9 Å². The van der Waals surface area contributed by atoms with Crippen LogP contribution in [0.15, 0.2) is 15.6 Å². The first-order valence-corrected chi connectivity index (χ1v) is 8.28. The van der Waals surface area contributed by atoms with Gasteiger partial charge in [-0.05, 0) is 39.3 Å². The van der Waals surface area contributed by atoms with Crippen LogP contribution in [0.3, 0.4) is 0 Å². The Morgan fingerprint density at radius 1 is 1.48 bits per heavy atom. The third-order valence-electron chi connectivity index (χ3n) is 4.08. The SMILES string of the molecule is CCNC(=NCc1cc(C(C)C)no1)NCC1CCCN1C.I. The van der Waals surface area contributed by atoms with E-state index in [0.717, 1.165) is 30.5 Å². The highest BCUT2D eigenvalue weighted by atomic mass is 127. The number of rotatable bonds is 6. The summed E-state index contributed by atoms with van der Waals surface area (Å²) < 4.78 is 5.33. The van der Waals surface area contributed by atoms with E-state index in [4.69, 9.17) is 4.52 Å². The first-order chi connectivity index (χ1) is 10.6. The molecule has 2 N–H and O–H groups in total. The molecule has 1 aromatic heterocycles. The van der Waals surface area contributed by atoms with Crippen molar-refractivity contribution in [2.24, 2.45) is 4.99 Å². The second-order valence-electron chi connectivity index (χ2n) is 6.23. The largest absolute Gasteiger partial charge is 0.359 e. The van der Waals surface area contributed by atoms with Crippen molar-refractivity contribution in [2.45, 2.75) is 52.1 Å². The molecule has 2 rings (SSSR count). The van der Waals surface area contributed by atoms with Gasteiger partial charge in [-0.15, -0.1) is 24.0 Å². The van der Waals surface area contributed by atoms with Gasteiger partial charge in [0.15, 0.2) is 11.7 Å². The molecule has 1 aliphatic rings. The van der Waals surface area contributed by atoms with Crippen LogP contribution in [0.25, 0.3) is 0 Å². The number of aliphatic imine (C=N–C) groups is 1. The van der Waals surface area contributed by atoms with E-state index in [2.05, 4.69) is 53.5 Å². The van der Waals surface area contributed by atoms with Gasteiger partial charge in [0.2, 0.25) is 0 Å². The second kappa shape index (κ2) is 10.1. The minimum absolute atomic E-state index is 0. The molecule has 1 unspecified atom stereocenters. The molecule has 6 nitrogen and oxygen atoms in total. The summed E-state index contributed by atoms with van der Waals surface area (Å²) in [4.78, 5) is 6.99. The lowest BCUT2D eigenvalue weighted by Gasteiger charge is -2.21. The van der Waals surface area contributed by atoms with Crippen molar-refractivity contribution < 1.29 is 4.52 Å². The maximum Gasteiger partial charge on any atom is 0.191 e. The van der Waals surface area contributed by atoms with E-state index in [1.54, 1.807) is 0 Å². The first kappa shape index (κ1) is 20.2. The number of likely N-dealkylation sites (tertiary alicyclic amines) is 1. The van der Waals surface area contributed by atoms with E-state index in [1.807, 2.05) is 6.07 Å². The molecule has 1 aliphatic heterocycles. The summed E-state index contributed by atoms with van der Waals surface area (Å²) in [5.41, 5.74) is 0.982. The van der Waals surface area contributed by atoms with Crippen LogP contribution < -0.4 is 10.6 Å². The van der Waals surface area contributed by atoms with Gasteiger partial charge in [0.25, 0.3) is 0 Å². The standard InChI is InChI=1S/C16H29N5O.HI/c1-5-17-16(18-10-13-7-6-8-21(13)4)19-11-14-9-15(12(2)3)20-22-14;/h9,12-13H,5-8,10-11H2,1-4H3,(H2,17,18,19);1H. The molecule has 132 valence electrons. The molecule has 1 atom stereocenters. The number of hydrogen-bond donors (Lipinski definition) is 2. The number of nitrogens with zero attached hydrogens (tertiary/aromatic N) is 3. The summed E-state index contributed by atoms with van der Waals surface area (Å²) in [5, 5.41) is 10.8. The maximum absolute atomic E-state index is 5.33. The van der Waals surface area contributed by atoms with Gasteiger partial charge in [0, 0.05) is 25.2 Å². The molecule has 0 amide bonds. The predicted molar refractivity (Wildman–Crippen MR) is 104 cm³/mol. The summed E-state index contributed by atoms with van der Waals surface area (Å²) in [5.74, 6) is 2.02. The van der Waals surface area contributed by atoms with Crippen molar-refractivity contribution in [1.82, 2.24) is 20.7 Å². The summed E-state index contributed by atoms with van der Waals surface area (Å²) in [6, 6.07) is 2.59. The molecule has 0 radical (unpaired) electrons. The molecule has 1 saturated heterocycles. The van der Waals surface area contributed by atoms with Crippen LogP contribution in [0.2, 0.25) is 0 Å². The van der Waals surface area contributed by atoms with Crippen LogP contribution >= 0.6 is 24.0 Å². The number of guanidine groups is 1. The van der Waals surface area contributed by atoms with Crippen molar-refractivity contribution in [1.29, 1.82) is 0 Å². The summed E-state index contributed by atoms with van der Waals surface area (Å²) in [6.45, 7) is 9.76. The Labute approximate surface area is 156 Å². The third-order valence-corrected chi connectivity index (χ3v) is 4.08. The summed E-state index contributed by atoms with van der Waals surface area (Å²) in [7, 11) is 2.19. The van der Waals surface area contributed by atoms with Gasteiger partial charge in [-0.2, -0.15) is 0 Å². The van der Waals surface area contributed by atoms with Crippen molar-refractivity contribution in [3.8, 4) is 0 Å². The monoisotopic (exact) mass is 435 g/mol. The van der Waals surface area contributed by atoms with Gasteiger partial charge < -0.3 is 20.1 Å². The Hall–Kier alpha value is -0.830.